The molecule has 186 valence electrons. The Morgan fingerprint density at radius 3 is 2.56 bits per heavy atom. The van der Waals surface area contributed by atoms with Gasteiger partial charge in [0.05, 0.1) is 24.9 Å². The van der Waals surface area contributed by atoms with Crippen LogP contribution in [-0.4, -0.2) is 59.2 Å². The van der Waals surface area contributed by atoms with Crippen molar-refractivity contribution in [1.82, 2.24) is 0 Å². The Balaban J connectivity index is 2.16. The number of rotatable bonds is 10. The van der Waals surface area contributed by atoms with Crippen LogP contribution in [0.15, 0.2) is 11.6 Å². The number of hydrogen-bond acceptors (Lipinski definition) is 6. The van der Waals surface area contributed by atoms with Gasteiger partial charge in [0.1, 0.15) is 13.1 Å². The lowest BCUT2D eigenvalue weighted by Gasteiger charge is -2.49. The lowest BCUT2D eigenvalue weighted by atomic mass is 9.91. The second-order valence-corrected chi connectivity index (χ2v) is 15.8. The Hall–Kier alpha value is -0.573. The van der Waals surface area contributed by atoms with Crippen molar-refractivity contribution >= 4 is 14.6 Å². The molecule has 2 fully saturated rings. The molecule has 0 aliphatic carbocycles. The summed E-state index contributed by atoms with van der Waals surface area (Å²) >= 11 is 0. The molecule has 5 unspecified atom stereocenters. The summed E-state index contributed by atoms with van der Waals surface area (Å²) in [6, 6.07) is 0. The van der Waals surface area contributed by atoms with Crippen molar-refractivity contribution in [2.75, 3.05) is 20.5 Å². The first kappa shape index (κ1) is 27.7. The second kappa shape index (κ2) is 11.7. The van der Waals surface area contributed by atoms with E-state index in [1.807, 2.05) is 13.8 Å². The number of methoxy groups -OCH3 is 1. The van der Waals surface area contributed by atoms with Gasteiger partial charge in [0.15, 0.2) is 14.1 Å². The van der Waals surface area contributed by atoms with Crippen molar-refractivity contribution in [3.05, 3.63) is 11.6 Å². The number of ether oxygens (including phenoxy) is 4. The van der Waals surface area contributed by atoms with Crippen LogP contribution < -0.4 is 0 Å². The lowest BCUT2D eigenvalue weighted by molar-refractivity contribution is -0.307. The monoisotopic (exact) mass is 470 g/mol. The van der Waals surface area contributed by atoms with E-state index < -0.39 is 14.1 Å². The normalized spacial score (nSPS) is 29.7. The molecule has 0 N–H and O–H groups in total. The zero-order chi connectivity index (χ0) is 24.0. The SMILES string of the molecule is COCOC(C(C)=CCC1CC(O[Si](C)(C)C(C)(C)C)CC2(CCCCO2)O1)C(C)C=O. The van der Waals surface area contributed by atoms with E-state index in [0.29, 0.717) is 0 Å². The summed E-state index contributed by atoms with van der Waals surface area (Å²) in [6.07, 6.45) is 8.47. The highest BCUT2D eigenvalue weighted by atomic mass is 28.4. The third-order valence-corrected chi connectivity index (χ3v) is 11.8. The van der Waals surface area contributed by atoms with Crippen molar-refractivity contribution in [2.45, 2.75) is 115 Å². The van der Waals surface area contributed by atoms with Crippen LogP contribution in [0, 0.1) is 5.92 Å². The molecule has 5 atom stereocenters. The van der Waals surface area contributed by atoms with Gasteiger partial charge >= 0.3 is 0 Å². The number of hydrogen-bond donors (Lipinski definition) is 0. The van der Waals surface area contributed by atoms with Crippen molar-refractivity contribution in [2.24, 2.45) is 5.92 Å². The molecule has 6 nitrogen and oxygen atoms in total. The topological polar surface area (TPSA) is 63.2 Å². The summed E-state index contributed by atoms with van der Waals surface area (Å²) < 4.78 is 30.5. The second-order valence-electron chi connectivity index (χ2n) is 11.1. The van der Waals surface area contributed by atoms with Crippen LogP contribution in [0.1, 0.15) is 73.1 Å². The first-order chi connectivity index (χ1) is 14.9. The third kappa shape index (κ3) is 7.47. The summed E-state index contributed by atoms with van der Waals surface area (Å²) in [5.74, 6) is -0.769. The van der Waals surface area contributed by atoms with E-state index in [9.17, 15) is 4.79 Å². The first-order valence-corrected chi connectivity index (χ1v) is 15.1. The molecule has 0 aromatic carbocycles. The lowest BCUT2D eigenvalue weighted by Crippen LogP contribution is -2.53. The molecular weight excluding hydrogens is 424 g/mol. The van der Waals surface area contributed by atoms with Crippen LogP contribution in [-0.2, 0) is 28.2 Å². The van der Waals surface area contributed by atoms with Crippen LogP contribution in [0.2, 0.25) is 18.1 Å². The highest BCUT2D eigenvalue weighted by Crippen LogP contribution is 2.43. The fourth-order valence-electron chi connectivity index (χ4n) is 4.38. The summed E-state index contributed by atoms with van der Waals surface area (Å²) in [5, 5.41) is 0.161. The predicted octanol–water partition coefficient (Wildman–Crippen LogP) is 5.61. The molecule has 0 radical (unpaired) electrons. The molecule has 2 heterocycles. The van der Waals surface area contributed by atoms with Crippen molar-refractivity contribution in [3.63, 3.8) is 0 Å². The van der Waals surface area contributed by atoms with Crippen LogP contribution in [0.4, 0.5) is 0 Å². The molecule has 7 heteroatoms. The van der Waals surface area contributed by atoms with E-state index in [1.54, 1.807) is 7.11 Å². The molecule has 2 aliphatic rings. The van der Waals surface area contributed by atoms with Gasteiger partial charge in [-0.15, -0.1) is 0 Å². The van der Waals surface area contributed by atoms with Crippen molar-refractivity contribution in [1.29, 1.82) is 0 Å². The fourth-order valence-corrected chi connectivity index (χ4v) is 5.74. The minimum Gasteiger partial charge on any atom is -0.414 e. The van der Waals surface area contributed by atoms with E-state index in [4.69, 9.17) is 23.4 Å². The van der Waals surface area contributed by atoms with E-state index in [0.717, 1.165) is 57.0 Å². The zero-order valence-corrected chi connectivity index (χ0v) is 22.6. The first-order valence-electron chi connectivity index (χ1n) is 12.1. The Morgan fingerprint density at radius 1 is 1.28 bits per heavy atom. The molecule has 0 aromatic heterocycles. The van der Waals surface area contributed by atoms with Gasteiger partial charge in [0.2, 0.25) is 0 Å². The average molecular weight is 471 g/mol. The molecule has 0 saturated carbocycles. The van der Waals surface area contributed by atoms with E-state index >= 15 is 0 Å². The largest absolute Gasteiger partial charge is 0.414 e. The quantitative estimate of drug-likeness (QED) is 0.179. The maximum atomic E-state index is 11.4. The Bertz CT molecular complexity index is 620. The van der Waals surface area contributed by atoms with Gasteiger partial charge in [0, 0.05) is 25.9 Å². The van der Waals surface area contributed by atoms with Crippen LogP contribution in [0.25, 0.3) is 0 Å². The predicted molar refractivity (Wildman–Crippen MR) is 129 cm³/mol. The van der Waals surface area contributed by atoms with Gasteiger partial charge in [-0.2, -0.15) is 0 Å². The highest BCUT2D eigenvalue weighted by molar-refractivity contribution is 6.74. The Kier molecular flexibility index (Phi) is 10.1. The van der Waals surface area contributed by atoms with Gasteiger partial charge in [-0.25, -0.2) is 0 Å². The van der Waals surface area contributed by atoms with Crippen LogP contribution in [0.3, 0.4) is 0 Å². The molecule has 2 rings (SSSR count). The molecule has 0 bridgehead atoms. The summed E-state index contributed by atoms with van der Waals surface area (Å²) in [7, 11) is -0.312. The third-order valence-electron chi connectivity index (χ3n) is 7.24. The molecule has 0 amide bonds. The van der Waals surface area contributed by atoms with Gasteiger partial charge < -0.3 is 28.2 Å². The molecule has 1 spiro atoms. The summed E-state index contributed by atoms with van der Waals surface area (Å²) in [4.78, 5) is 11.4. The smallest absolute Gasteiger partial charge is 0.192 e. The van der Waals surface area contributed by atoms with Gasteiger partial charge in [-0.05, 0) is 56.3 Å². The minimum atomic E-state index is -1.90. The van der Waals surface area contributed by atoms with Gasteiger partial charge in [-0.1, -0.05) is 33.8 Å². The maximum absolute atomic E-state index is 11.4. The van der Waals surface area contributed by atoms with Gasteiger partial charge in [0.25, 0.3) is 0 Å². The minimum absolute atomic E-state index is 0.0150. The number of aldehydes is 1. The number of carbonyl (C=O) groups excluding carboxylic acids is 1. The average Bonchev–Trinajstić information content (AvgIpc) is 2.71. The van der Waals surface area contributed by atoms with Crippen molar-refractivity contribution in [3.8, 4) is 0 Å². The molecular formula is C25H46O6Si. The molecule has 2 saturated heterocycles. The standard InChI is InChI=1S/C25H46O6Si/c1-19(23(20(2)17-26)28-18-27-6)11-12-21-15-22(31-32(7,8)24(3,4)5)16-25(30-21)13-9-10-14-29-25/h11,17,20-23H,9-10,12-16,18H2,1-8H3. The molecule has 32 heavy (non-hydrogen) atoms. The summed E-state index contributed by atoms with van der Waals surface area (Å²) in [5.41, 5.74) is 1.02. The van der Waals surface area contributed by atoms with E-state index in [2.05, 4.69) is 39.9 Å². The maximum Gasteiger partial charge on any atom is 0.192 e. The van der Waals surface area contributed by atoms with Crippen LogP contribution in [0.5, 0.6) is 0 Å². The van der Waals surface area contributed by atoms with Gasteiger partial charge in [-0.3, -0.25) is 0 Å². The van der Waals surface area contributed by atoms with Crippen molar-refractivity contribution < 1.29 is 28.2 Å². The molecule has 2 aliphatic heterocycles. The Labute approximate surface area is 196 Å². The zero-order valence-electron chi connectivity index (χ0n) is 21.6. The fraction of sp³-hybridized carbons (Fsp3) is 0.880. The Morgan fingerprint density at radius 2 is 2.00 bits per heavy atom. The number of carbonyl (C=O) groups is 1. The molecule has 0 aromatic rings. The van der Waals surface area contributed by atoms with E-state index in [1.165, 1.54) is 0 Å². The van der Waals surface area contributed by atoms with Crippen LogP contribution >= 0.6 is 0 Å². The van der Waals surface area contributed by atoms with E-state index in [-0.39, 0.29) is 36.1 Å². The highest BCUT2D eigenvalue weighted by Gasteiger charge is 2.47. The summed E-state index contributed by atoms with van der Waals surface area (Å²) in [6.45, 7) is 16.3.